The van der Waals surface area contributed by atoms with E-state index in [1.54, 1.807) is 0 Å². The van der Waals surface area contributed by atoms with Crippen molar-refractivity contribution in [1.82, 2.24) is 16.0 Å². The summed E-state index contributed by atoms with van der Waals surface area (Å²) in [5, 5.41) is 9.04. The maximum absolute atomic E-state index is 11.7. The Morgan fingerprint density at radius 3 is 2.84 bits per heavy atom. The van der Waals surface area contributed by atoms with Crippen molar-refractivity contribution >= 4 is 11.8 Å². The molecule has 5 nitrogen and oxygen atoms in total. The van der Waals surface area contributed by atoms with Crippen LogP contribution in [0.1, 0.15) is 33.1 Å². The zero-order chi connectivity index (χ0) is 13.8. The Morgan fingerprint density at radius 1 is 1.37 bits per heavy atom. The Bertz CT molecular complexity index is 440. The molecule has 1 heterocycles. The predicted molar refractivity (Wildman–Crippen MR) is 73.2 cm³/mol. The number of likely N-dealkylation sites (N-methyl/N-ethyl adjacent to an activating group) is 1. The molecule has 0 saturated carbocycles. The van der Waals surface area contributed by atoms with Crippen LogP contribution in [0.4, 0.5) is 0 Å². The Hall–Kier alpha value is -1.62. The van der Waals surface area contributed by atoms with Gasteiger partial charge in [-0.3, -0.25) is 14.9 Å². The minimum atomic E-state index is -0.312. The quantitative estimate of drug-likeness (QED) is 0.649. The van der Waals surface area contributed by atoms with Crippen LogP contribution in [0.15, 0.2) is 23.4 Å². The van der Waals surface area contributed by atoms with Crippen LogP contribution in [0.2, 0.25) is 0 Å². The number of piperidine rings is 1. The predicted octanol–water partition coefficient (Wildman–Crippen LogP) is 0.593. The monoisotopic (exact) mass is 263 g/mol. The minimum Gasteiger partial charge on any atom is -0.374 e. The normalized spacial score (nSPS) is 27.5. The highest BCUT2D eigenvalue weighted by Gasteiger charge is 2.27. The van der Waals surface area contributed by atoms with Gasteiger partial charge in [0, 0.05) is 18.2 Å². The highest BCUT2D eigenvalue weighted by molar-refractivity contribution is 6.00. The topological polar surface area (TPSA) is 70.2 Å². The van der Waals surface area contributed by atoms with E-state index < -0.39 is 0 Å². The molecular formula is C14H21N3O2. The molecule has 1 aliphatic carbocycles. The number of nitrogens with one attached hydrogen (secondary N) is 3. The number of rotatable bonds is 4. The molecule has 1 fully saturated rings. The van der Waals surface area contributed by atoms with Crippen LogP contribution in [0.25, 0.3) is 0 Å². The lowest BCUT2D eigenvalue weighted by molar-refractivity contribution is -0.134. The summed E-state index contributed by atoms with van der Waals surface area (Å²) in [4.78, 5) is 22.9. The number of allylic oxidation sites excluding steroid dienone is 1. The molecule has 0 spiro atoms. The lowest BCUT2D eigenvalue weighted by Gasteiger charge is -2.28. The third-order valence-corrected chi connectivity index (χ3v) is 3.62. The standard InChI is InChI=1S/C14H21N3O2/c1-3-15-10-5-4-6-11(9(10)2)16-12-7-8-13(18)17-14(12)19/h4,6,10,12,15-16H,3,5,7-8H2,1-2H3,(H,17,18,19)/t10-,12?/m0/s1. The van der Waals surface area contributed by atoms with Crippen molar-refractivity contribution in [2.45, 2.75) is 45.2 Å². The summed E-state index contributed by atoms with van der Waals surface area (Å²) in [5.74, 6) is -0.408. The zero-order valence-electron chi connectivity index (χ0n) is 11.5. The van der Waals surface area contributed by atoms with E-state index in [1.807, 2.05) is 6.08 Å². The van der Waals surface area contributed by atoms with Gasteiger partial charge in [0.2, 0.25) is 11.8 Å². The second-order valence-electron chi connectivity index (χ2n) is 4.99. The Balaban J connectivity index is 2.05. The van der Waals surface area contributed by atoms with Crippen molar-refractivity contribution < 1.29 is 9.59 Å². The highest BCUT2D eigenvalue weighted by Crippen LogP contribution is 2.19. The molecular weight excluding hydrogens is 242 g/mol. The van der Waals surface area contributed by atoms with Crippen LogP contribution in [-0.2, 0) is 9.59 Å². The van der Waals surface area contributed by atoms with Crippen LogP contribution in [0, 0.1) is 0 Å². The molecule has 0 aromatic rings. The Labute approximate surface area is 113 Å². The molecule has 5 heteroatoms. The average Bonchev–Trinajstić information content (AvgIpc) is 2.37. The zero-order valence-corrected chi connectivity index (χ0v) is 11.5. The highest BCUT2D eigenvalue weighted by atomic mass is 16.2. The fourth-order valence-electron chi connectivity index (χ4n) is 2.48. The van der Waals surface area contributed by atoms with Crippen LogP contribution < -0.4 is 16.0 Å². The summed E-state index contributed by atoms with van der Waals surface area (Å²) >= 11 is 0. The van der Waals surface area contributed by atoms with Gasteiger partial charge in [-0.2, -0.15) is 0 Å². The Kier molecular flexibility index (Phi) is 4.37. The van der Waals surface area contributed by atoms with Gasteiger partial charge in [0.15, 0.2) is 0 Å². The summed E-state index contributed by atoms with van der Waals surface area (Å²) in [6, 6.07) is 0.0125. The summed E-state index contributed by atoms with van der Waals surface area (Å²) in [6.45, 7) is 5.07. The van der Waals surface area contributed by atoms with Crippen LogP contribution >= 0.6 is 0 Å². The van der Waals surface area contributed by atoms with E-state index in [9.17, 15) is 9.59 Å². The van der Waals surface area contributed by atoms with Crippen LogP contribution in [-0.4, -0.2) is 30.4 Å². The van der Waals surface area contributed by atoms with Crippen molar-refractivity contribution in [2.75, 3.05) is 6.54 Å². The third-order valence-electron chi connectivity index (χ3n) is 3.62. The molecule has 0 aromatic heterocycles. The molecule has 1 aliphatic heterocycles. The van der Waals surface area contributed by atoms with E-state index in [1.165, 1.54) is 5.57 Å². The van der Waals surface area contributed by atoms with Gasteiger partial charge in [-0.1, -0.05) is 13.0 Å². The molecule has 19 heavy (non-hydrogen) atoms. The molecule has 2 aliphatic rings. The van der Waals surface area contributed by atoms with Gasteiger partial charge in [-0.15, -0.1) is 0 Å². The molecule has 0 bridgehead atoms. The largest absolute Gasteiger partial charge is 0.374 e. The van der Waals surface area contributed by atoms with Gasteiger partial charge in [0.05, 0.1) is 0 Å². The first-order valence-electron chi connectivity index (χ1n) is 6.82. The van der Waals surface area contributed by atoms with Gasteiger partial charge in [-0.25, -0.2) is 0 Å². The summed E-state index contributed by atoms with van der Waals surface area (Å²) in [7, 11) is 0. The molecule has 2 rings (SSSR count). The fraction of sp³-hybridized carbons (Fsp3) is 0.571. The number of hydrogen-bond donors (Lipinski definition) is 3. The maximum atomic E-state index is 11.7. The molecule has 0 aromatic carbocycles. The lowest BCUT2D eigenvalue weighted by atomic mass is 9.96. The minimum absolute atomic E-state index is 0.182. The van der Waals surface area contributed by atoms with E-state index in [0.29, 0.717) is 18.9 Å². The molecule has 1 unspecified atom stereocenters. The van der Waals surface area contributed by atoms with E-state index in [0.717, 1.165) is 18.7 Å². The van der Waals surface area contributed by atoms with Crippen molar-refractivity contribution in [3.8, 4) is 0 Å². The van der Waals surface area contributed by atoms with E-state index in [2.05, 4.69) is 35.9 Å². The number of hydrogen-bond acceptors (Lipinski definition) is 4. The molecule has 0 radical (unpaired) electrons. The molecule has 104 valence electrons. The molecule has 1 saturated heterocycles. The van der Waals surface area contributed by atoms with E-state index in [4.69, 9.17) is 0 Å². The van der Waals surface area contributed by atoms with Crippen LogP contribution in [0.5, 0.6) is 0 Å². The van der Waals surface area contributed by atoms with Crippen molar-refractivity contribution in [2.24, 2.45) is 0 Å². The van der Waals surface area contributed by atoms with Gasteiger partial charge >= 0.3 is 0 Å². The van der Waals surface area contributed by atoms with E-state index in [-0.39, 0.29) is 17.9 Å². The second kappa shape index (κ2) is 6.02. The number of carbonyl (C=O) groups excluding carboxylic acids is 2. The molecule has 2 atom stereocenters. The third kappa shape index (κ3) is 3.23. The van der Waals surface area contributed by atoms with Gasteiger partial charge in [-0.05, 0) is 38.0 Å². The van der Waals surface area contributed by atoms with Crippen molar-refractivity contribution in [3.63, 3.8) is 0 Å². The number of carbonyl (C=O) groups is 2. The first-order chi connectivity index (χ1) is 9.11. The van der Waals surface area contributed by atoms with Crippen LogP contribution in [0.3, 0.4) is 0 Å². The van der Waals surface area contributed by atoms with Gasteiger partial charge in [0.25, 0.3) is 0 Å². The fourth-order valence-corrected chi connectivity index (χ4v) is 2.48. The number of amides is 2. The van der Waals surface area contributed by atoms with Crippen molar-refractivity contribution in [3.05, 3.63) is 23.4 Å². The lowest BCUT2D eigenvalue weighted by Crippen LogP contribution is -2.50. The van der Waals surface area contributed by atoms with E-state index >= 15 is 0 Å². The summed E-state index contributed by atoms with van der Waals surface area (Å²) < 4.78 is 0. The second-order valence-corrected chi connectivity index (χ2v) is 4.99. The van der Waals surface area contributed by atoms with Gasteiger partial charge < -0.3 is 10.6 Å². The summed E-state index contributed by atoms with van der Waals surface area (Å²) in [5.41, 5.74) is 2.21. The molecule has 3 N–H and O–H groups in total. The number of imide groups is 1. The first-order valence-corrected chi connectivity index (χ1v) is 6.82. The smallest absolute Gasteiger partial charge is 0.249 e. The summed E-state index contributed by atoms with van der Waals surface area (Å²) in [6.07, 6.45) is 6.05. The molecule has 2 amide bonds. The maximum Gasteiger partial charge on any atom is 0.249 e. The van der Waals surface area contributed by atoms with Crippen molar-refractivity contribution in [1.29, 1.82) is 0 Å². The van der Waals surface area contributed by atoms with Gasteiger partial charge in [0.1, 0.15) is 6.04 Å². The average molecular weight is 263 g/mol. The first kappa shape index (κ1) is 13.8. The SMILES string of the molecule is CCN[C@H]1CC=CC(NC2CCC(=O)NC2=O)=C1C. The Morgan fingerprint density at radius 2 is 2.16 bits per heavy atom.